The molecule has 104 valence electrons. The van der Waals surface area contributed by atoms with Gasteiger partial charge in [-0.2, -0.15) is 0 Å². The van der Waals surface area contributed by atoms with E-state index < -0.39 is 0 Å². The quantitative estimate of drug-likeness (QED) is 0.635. The van der Waals surface area contributed by atoms with E-state index in [4.69, 9.17) is 0 Å². The minimum atomic E-state index is -0.163. The molecule has 2 nitrogen and oxygen atoms in total. The second-order valence-electron chi connectivity index (χ2n) is 4.54. The van der Waals surface area contributed by atoms with Gasteiger partial charge >= 0.3 is 0 Å². The number of rotatable bonds is 2. The smallest absolute Gasteiger partial charge is 0.256 e. The third-order valence-corrected chi connectivity index (χ3v) is 5.01. The molecule has 0 fully saturated rings. The van der Waals surface area contributed by atoms with Gasteiger partial charge in [-0.15, -0.1) is 12.6 Å². The Morgan fingerprint density at radius 3 is 2.25 bits per heavy atom. The van der Waals surface area contributed by atoms with E-state index in [1.54, 1.807) is 12.1 Å². The summed E-state index contributed by atoms with van der Waals surface area (Å²) in [7, 11) is 0. The first-order valence-electron chi connectivity index (χ1n) is 5.95. The van der Waals surface area contributed by atoms with E-state index in [-0.39, 0.29) is 5.91 Å². The van der Waals surface area contributed by atoms with E-state index >= 15 is 0 Å². The molecule has 0 aliphatic rings. The summed E-state index contributed by atoms with van der Waals surface area (Å²) in [6.07, 6.45) is 0. The van der Waals surface area contributed by atoms with Crippen LogP contribution in [-0.2, 0) is 0 Å². The maximum atomic E-state index is 12.3. The van der Waals surface area contributed by atoms with Crippen molar-refractivity contribution >= 4 is 56.1 Å². The first-order valence-corrected chi connectivity index (χ1v) is 7.98. The summed E-state index contributed by atoms with van der Waals surface area (Å²) in [5.41, 5.74) is 3.50. The first kappa shape index (κ1) is 15.6. The zero-order chi connectivity index (χ0) is 14.9. The van der Waals surface area contributed by atoms with Gasteiger partial charge < -0.3 is 5.32 Å². The molecule has 0 aromatic heterocycles. The van der Waals surface area contributed by atoms with E-state index in [0.29, 0.717) is 10.5 Å². The van der Waals surface area contributed by atoms with Crippen LogP contribution in [0.1, 0.15) is 21.5 Å². The van der Waals surface area contributed by atoms with E-state index in [9.17, 15) is 4.79 Å². The Morgan fingerprint density at radius 2 is 1.70 bits per heavy atom. The maximum absolute atomic E-state index is 12.3. The maximum Gasteiger partial charge on any atom is 0.256 e. The molecule has 5 heteroatoms. The molecule has 2 rings (SSSR count). The predicted molar refractivity (Wildman–Crippen MR) is 93.0 cm³/mol. The third-order valence-electron chi connectivity index (χ3n) is 2.90. The second kappa shape index (κ2) is 6.33. The van der Waals surface area contributed by atoms with Crippen molar-refractivity contribution in [2.24, 2.45) is 0 Å². The van der Waals surface area contributed by atoms with Crippen LogP contribution in [0.25, 0.3) is 0 Å². The van der Waals surface area contributed by atoms with E-state index in [1.807, 2.05) is 32.0 Å². The fraction of sp³-hybridized carbons (Fsp3) is 0.133. The van der Waals surface area contributed by atoms with Crippen molar-refractivity contribution < 1.29 is 4.79 Å². The third kappa shape index (κ3) is 3.45. The highest BCUT2D eigenvalue weighted by Crippen LogP contribution is 2.26. The number of hydrogen-bond donors (Lipinski definition) is 2. The van der Waals surface area contributed by atoms with E-state index in [0.717, 1.165) is 25.8 Å². The highest BCUT2D eigenvalue weighted by molar-refractivity contribution is 9.10. The Kier molecular flexibility index (Phi) is 4.94. The largest absolute Gasteiger partial charge is 0.322 e. The Hall–Kier alpha value is -0.780. The highest BCUT2D eigenvalue weighted by atomic mass is 79.9. The molecule has 0 atom stereocenters. The van der Waals surface area contributed by atoms with Gasteiger partial charge in [-0.05, 0) is 55.3 Å². The molecule has 0 radical (unpaired) electrons. The van der Waals surface area contributed by atoms with Crippen LogP contribution in [0.5, 0.6) is 0 Å². The van der Waals surface area contributed by atoms with Crippen LogP contribution in [0.15, 0.2) is 44.2 Å². The molecule has 1 amide bonds. The topological polar surface area (TPSA) is 29.1 Å². The fourth-order valence-corrected chi connectivity index (χ4v) is 3.00. The van der Waals surface area contributed by atoms with Gasteiger partial charge in [-0.3, -0.25) is 4.79 Å². The number of anilines is 1. The minimum absolute atomic E-state index is 0.163. The average Bonchev–Trinajstić information content (AvgIpc) is 2.35. The average molecular weight is 415 g/mol. The van der Waals surface area contributed by atoms with Crippen LogP contribution in [-0.4, -0.2) is 5.91 Å². The zero-order valence-corrected chi connectivity index (χ0v) is 15.1. The van der Waals surface area contributed by atoms with Crippen LogP contribution >= 0.6 is 44.5 Å². The molecule has 0 unspecified atom stereocenters. The number of aryl methyl sites for hydroxylation is 2. The van der Waals surface area contributed by atoms with Crippen LogP contribution in [0.3, 0.4) is 0 Å². The molecule has 0 aliphatic carbocycles. The summed E-state index contributed by atoms with van der Waals surface area (Å²) < 4.78 is 1.96. The molecular formula is C15H13Br2NOS. The Bertz CT molecular complexity index is 663. The zero-order valence-electron chi connectivity index (χ0n) is 11.0. The van der Waals surface area contributed by atoms with Gasteiger partial charge in [0.2, 0.25) is 0 Å². The molecule has 0 saturated carbocycles. The number of amides is 1. The van der Waals surface area contributed by atoms with Crippen LogP contribution in [0.4, 0.5) is 5.69 Å². The van der Waals surface area contributed by atoms with Crippen molar-refractivity contribution in [2.75, 3.05) is 5.32 Å². The van der Waals surface area contributed by atoms with E-state index in [2.05, 4.69) is 49.8 Å². The van der Waals surface area contributed by atoms with E-state index in [1.165, 1.54) is 0 Å². The first-order chi connectivity index (χ1) is 9.38. The normalized spacial score (nSPS) is 10.4. The Morgan fingerprint density at radius 1 is 1.10 bits per heavy atom. The lowest BCUT2D eigenvalue weighted by molar-refractivity contribution is 0.102. The number of carbonyl (C=O) groups excluding carboxylic acids is 1. The Labute approximate surface area is 140 Å². The molecule has 0 heterocycles. The lowest BCUT2D eigenvalue weighted by atomic mass is 10.1. The lowest BCUT2D eigenvalue weighted by Gasteiger charge is -2.11. The summed E-state index contributed by atoms with van der Waals surface area (Å²) in [4.78, 5) is 12.9. The number of carbonyl (C=O) groups is 1. The SMILES string of the molecule is Cc1cc(NC(=O)c2ccc(Br)cc2S)cc(C)c1Br. The molecule has 0 saturated heterocycles. The van der Waals surface area contributed by atoms with Gasteiger partial charge in [-0.25, -0.2) is 0 Å². The van der Waals surface area contributed by atoms with Crippen molar-refractivity contribution in [3.63, 3.8) is 0 Å². The van der Waals surface area contributed by atoms with Gasteiger partial charge in [0, 0.05) is 19.5 Å². The molecule has 2 aromatic rings. The fourth-order valence-electron chi connectivity index (χ4n) is 1.91. The second-order valence-corrected chi connectivity index (χ2v) is 6.73. The lowest BCUT2D eigenvalue weighted by Crippen LogP contribution is -2.13. The molecule has 20 heavy (non-hydrogen) atoms. The molecule has 0 bridgehead atoms. The van der Waals surface area contributed by atoms with Crippen molar-refractivity contribution in [2.45, 2.75) is 18.7 Å². The van der Waals surface area contributed by atoms with Crippen LogP contribution in [0, 0.1) is 13.8 Å². The minimum Gasteiger partial charge on any atom is -0.322 e. The van der Waals surface area contributed by atoms with Gasteiger partial charge in [0.05, 0.1) is 5.56 Å². The number of hydrogen-bond acceptors (Lipinski definition) is 2. The number of benzene rings is 2. The summed E-state index contributed by atoms with van der Waals surface area (Å²) >= 11 is 11.2. The molecule has 0 aliphatic heterocycles. The van der Waals surface area contributed by atoms with Gasteiger partial charge in [0.15, 0.2) is 0 Å². The van der Waals surface area contributed by atoms with Crippen molar-refractivity contribution in [1.82, 2.24) is 0 Å². The number of nitrogens with one attached hydrogen (secondary N) is 1. The standard InChI is InChI=1S/C15H13Br2NOS/c1-8-5-11(6-9(2)14(8)17)18-15(19)12-4-3-10(16)7-13(12)20/h3-7,20H,1-2H3,(H,18,19). The highest BCUT2D eigenvalue weighted by Gasteiger charge is 2.11. The van der Waals surface area contributed by atoms with Crippen molar-refractivity contribution in [3.8, 4) is 0 Å². The van der Waals surface area contributed by atoms with Gasteiger partial charge in [-0.1, -0.05) is 31.9 Å². The monoisotopic (exact) mass is 413 g/mol. The summed E-state index contributed by atoms with van der Waals surface area (Å²) in [5.74, 6) is -0.163. The molecule has 1 N–H and O–H groups in total. The summed E-state index contributed by atoms with van der Waals surface area (Å²) in [5, 5.41) is 2.90. The molecular weight excluding hydrogens is 402 g/mol. The Balaban J connectivity index is 2.28. The summed E-state index contributed by atoms with van der Waals surface area (Å²) in [6, 6.07) is 9.25. The predicted octanol–water partition coefficient (Wildman–Crippen LogP) is 5.37. The number of halogens is 2. The van der Waals surface area contributed by atoms with Crippen LogP contribution in [0.2, 0.25) is 0 Å². The molecule has 2 aromatic carbocycles. The van der Waals surface area contributed by atoms with Gasteiger partial charge in [0.1, 0.15) is 0 Å². The number of thiol groups is 1. The van der Waals surface area contributed by atoms with Gasteiger partial charge in [0.25, 0.3) is 5.91 Å². The molecule has 0 spiro atoms. The van der Waals surface area contributed by atoms with Crippen molar-refractivity contribution in [3.05, 3.63) is 56.0 Å². The van der Waals surface area contributed by atoms with Crippen LogP contribution < -0.4 is 5.32 Å². The van der Waals surface area contributed by atoms with Crippen molar-refractivity contribution in [1.29, 1.82) is 0 Å². The summed E-state index contributed by atoms with van der Waals surface area (Å²) in [6.45, 7) is 3.99.